The second-order valence-corrected chi connectivity index (χ2v) is 6.59. The molecular weight excluding hydrogens is 360 g/mol. The topological polar surface area (TPSA) is 67.4 Å². The highest BCUT2D eigenvalue weighted by Gasteiger charge is 2.06. The van der Waals surface area contributed by atoms with Gasteiger partial charge in [0, 0.05) is 16.3 Å². The van der Waals surface area contributed by atoms with Crippen molar-refractivity contribution in [1.82, 2.24) is 10.9 Å². The van der Waals surface area contributed by atoms with E-state index < -0.39 is 0 Å². The van der Waals surface area contributed by atoms with E-state index in [1.54, 1.807) is 12.1 Å². The molecule has 2 aromatic carbocycles. The Kier molecular flexibility index (Phi) is 8.15. The Morgan fingerprint density at radius 2 is 1.64 bits per heavy atom. The van der Waals surface area contributed by atoms with Gasteiger partial charge in [-0.1, -0.05) is 29.8 Å². The van der Waals surface area contributed by atoms with Crippen LogP contribution in [-0.4, -0.2) is 24.2 Å². The summed E-state index contributed by atoms with van der Waals surface area (Å²) in [6, 6.07) is 16.6. The highest BCUT2D eigenvalue weighted by Crippen LogP contribution is 2.19. The Morgan fingerprint density at radius 1 is 0.960 bits per heavy atom. The van der Waals surface area contributed by atoms with Gasteiger partial charge < -0.3 is 4.74 Å². The molecule has 7 heteroatoms. The minimum absolute atomic E-state index is 0.207. The first-order valence-electron chi connectivity index (χ1n) is 7.77. The SMILES string of the molecule is O=C(CCCOc1ccccc1)NNC(=O)CSc1ccc(Cl)cc1. The fourth-order valence-electron chi connectivity index (χ4n) is 1.86. The number of hydrazine groups is 1. The molecule has 2 N–H and O–H groups in total. The first-order chi connectivity index (χ1) is 12.1. The number of carbonyl (C=O) groups is 2. The number of nitrogens with one attached hydrogen (secondary N) is 2. The van der Waals surface area contributed by atoms with Gasteiger partial charge in [-0.2, -0.15) is 0 Å². The van der Waals surface area contributed by atoms with Crippen molar-refractivity contribution in [2.75, 3.05) is 12.4 Å². The molecule has 0 aliphatic heterocycles. The van der Waals surface area contributed by atoms with Gasteiger partial charge in [-0.15, -0.1) is 11.8 Å². The molecule has 2 rings (SSSR count). The van der Waals surface area contributed by atoms with Gasteiger partial charge in [0.1, 0.15) is 5.75 Å². The maximum absolute atomic E-state index is 11.7. The summed E-state index contributed by atoms with van der Waals surface area (Å²) < 4.78 is 5.50. The molecule has 2 aromatic rings. The van der Waals surface area contributed by atoms with Crippen molar-refractivity contribution in [3.05, 3.63) is 59.6 Å². The van der Waals surface area contributed by atoms with Crippen molar-refractivity contribution < 1.29 is 14.3 Å². The molecule has 132 valence electrons. The number of para-hydroxylation sites is 1. The summed E-state index contributed by atoms with van der Waals surface area (Å²) in [6.45, 7) is 0.442. The highest BCUT2D eigenvalue weighted by molar-refractivity contribution is 8.00. The Labute approximate surface area is 156 Å². The number of hydrogen-bond acceptors (Lipinski definition) is 4. The number of benzene rings is 2. The quantitative estimate of drug-likeness (QED) is 0.419. The summed E-state index contributed by atoms with van der Waals surface area (Å²) in [5.74, 6) is 0.463. The van der Waals surface area contributed by atoms with E-state index in [9.17, 15) is 9.59 Å². The number of ether oxygens (including phenoxy) is 1. The Hall–Kier alpha value is -2.18. The zero-order chi connectivity index (χ0) is 17.9. The number of rotatable bonds is 8. The second-order valence-electron chi connectivity index (χ2n) is 5.10. The molecule has 0 saturated heterocycles. The molecule has 0 unspecified atom stereocenters. The second kappa shape index (κ2) is 10.6. The summed E-state index contributed by atoms with van der Waals surface area (Å²) in [7, 11) is 0. The maximum atomic E-state index is 11.7. The molecule has 0 heterocycles. The smallest absolute Gasteiger partial charge is 0.248 e. The standard InChI is InChI=1S/C18H19ClN2O3S/c19-14-8-10-16(11-9-14)25-13-18(23)21-20-17(22)7-4-12-24-15-5-2-1-3-6-15/h1-3,5-6,8-11H,4,7,12-13H2,(H,20,22)(H,21,23). The lowest BCUT2D eigenvalue weighted by Crippen LogP contribution is -2.42. The van der Waals surface area contributed by atoms with Crippen LogP contribution in [0, 0.1) is 0 Å². The van der Waals surface area contributed by atoms with E-state index in [0.717, 1.165) is 10.6 Å². The number of halogens is 1. The van der Waals surface area contributed by atoms with Gasteiger partial charge in [0.15, 0.2) is 0 Å². The third-order valence-corrected chi connectivity index (χ3v) is 4.35. The largest absolute Gasteiger partial charge is 0.494 e. The molecule has 0 atom stereocenters. The molecule has 0 aromatic heterocycles. The molecule has 0 aliphatic carbocycles. The van der Waals surface area contributed by atoms with Crippen LogP contribution in [0.25, 0.3) is 0 Å². The normalized spacial score (nSPS) is 10.1. The van der Waals surface area contributed by atoms with E-state index in [1.807, 2.05) is 42.5 Å². The van der Waals surface area contributed by atoms with Gasteiger partial charge in [0.25, 0.3) is 0 Å². The van der Waals surface area contributed by atoms with Gasteiger partial charge >= 0.3 is 0 Å². The van der Waals surface area contributed by atoms with Gasteiger partial charge in [-0.3, -0.25) is 20.4 Å². The molecule has 0 bridgehead atoms. The monoisotopic (exact) mass is 378 g/mol. The summed E-state index contributed by atoms with van der Waals surface area (Å²) in [6.07, 6.45) is 0.841. The van der Waals surface area contributed by atoms with Gasteiger partial charge in [0.05, 0.1) is 12.4 Å². The summed E-state index contributed by atoms with van der Waals surface area (Å²) >= 11 is 7.17. The van der Waals surface area contributed by atoms with Crippen LogP contribution in [0.3, 0.4) is 0 Å². The summed E-state index contributed by atoms with van der Waals surface area (Å²) in [4.78, 5) is 24.3. The van der Waals surface area contributed by atoms with Crippen LogP contribution in [0.1, 0.15) is 12.8 Å². The lowest BCUT2D eigenvalue weighted by molar-refractivity contribution is -0.127. The average Bonchev–Trinajstić information content (AvgIpc) is 2.64. The number of amides is 2. The van der Waals surface area contributed by atoms with Crippen LogP contribution in [0.15, 0.2) is 59.5 Å². The average molecular weight is 379 g/mol. The maximum Gasteiger partial charge on any atom is 0.248 e. The minimum atomic E-state index is -0.270. The van der Waals surface area contributed by atoms with Crippen LogP contribution in [0.4, 0.5) is 0 Å². The van der Waals surface area contributed by atoms with Crippen LogP contribution in [0.2, 0.25) is 5.02 Å². The third-order valence-electron chi connectivity index (χ3n) is 3.09. The molecule has 0 radical (unpaired) electrons. The molecule has 5 nitrogen and oxygen atoms in total. The van der Waals surface area contributed by atoms with Crippen molar-refractivity contribution in [2.45, 2.75) is 17.7 Å². The van der Waals surface area contributed by atoms with Gasteiger partial charge in [-0.25, -0.2) is 0 Å². The van der Waals surface area contributed by atoms with E-state index >= 15 is 0 Å². The van der Waals surface area contributed by atoms with Crippen LogP contribution < -0.4 is 15.6 Å². The zero-order valence-corrected chi connectivity index (χ0v) is 15.1. The van der Waals surface area contributed by atoms with Gasteiger partial charge in [-0.05, 0) is 42.8 Å². The van der Waals surface area contributed by atoms with E-state index in [0.29, 0.717) is 18.1 Å². The lowest BCUT2D eigenvalue weighted by atomic mass is 10.3. The molecule has 0 fully saturated rings. The fourth-order valence-corrected chi connectivity index (χ4v) is 2.68. The molecule has 0 spiro atoms. The number of thioether (sulfide) groups is 1. The summed E-state index contributed by atoms with van der Waals surface area (Å²) in [5, 5.41) is 0.650. The zero-order valence-electron chi connectivity index (χ0n) is 13.5. The lowest BCUT2D eigenvalue weighted by Gasteiger charge is -2.08. The highest BCUT2D eigenvalue weighted by atomic mass is 35.5. The first kappa shape index (κ1) is 19.1. The van der Waals surface area contributed by atoms with Crippen molar-refractivity contribution >= 4 is 35.2 Å². The van der Waals surface area contributed by atoms with Crippen molar-refractivity contribution in [3.8, 4) is 5.75 Å². The number of hydrogen-bond donors (Lipinski definition) is 2. The number of carbonyl (C=O) groups excluding carboxylic acids is 2. The fraction of sp³-hybridized carbons (Fsp3) is 0.222. The van der Waals surface area contributed by atoms with E-state index in [-0.39, 0.29) is 24.0 Å². The Bertz CT molecular complexity index is 680. The Morgan fingerprint density at radius 3 is 2.36 bits per heavy atom. The predicted molar refractivity (Wildman–Crippen MR) is 99.6 cm³/mol. The summed E-state index contributed by atoms with van der Waals surface area (Å²) in [5.41, 5.74) is 4.79. The van der Waals surface area contributed by atoms with Crippen molar-refractivity contribution in [2.24, 2.45) is 0 Å². The minimum Gasteiger partial charge on any atom is -0.494 e. The Balaban J connectivity index is 1.54. The van der Waals surface area contributed by atoms with Crippen molar-refractivity contribution in [3.63, 3.8) is 0 Å². The molecule has 0 saturated carbocycles. The van der Waals surface area contributed by atoms with E-state index in [4.69, 9.17) is 16.3 Å². The van der Waals surface area contributed by atoms with Crippen molar-refractivity contribution in [1.29, 1.82) is 0 Å². The third kappa shape index (κ3) is 7.96. The van der Waals surface area contributed by atoms with E-state index in [2.05, 4.69) is 10.9 Å². The molecule has 0 aliphatic rings. The van der Waals surface area contributed by atoms with Crippen LogP contribution in [-0.2, 0) is 9.59 Å². The van der Waals surface area contributed by atoms with Crippen LogP contribution in [0.5, 0.6) is 5.75 Å². The van der Waals surface area contributed by atoms with E-state index in [1.165, 1.54) is 11.8 Å². The van der Waals surface area contributed by atoms with Gasteiger partial charge in [0.2, 0.25) is 11.8 Å². The van der Waals surface area contributed by atoms with Crippen LogP contribution >= 0.6 is 23.4 Å². The first-order valence-corrected chi connectivity index (χ1v) is 9.14. The molecular formula is C18H19ClN2O3S. The molecule has 2 amide bonds. The predicted octanol–water partition coefficient (Wildman–Crippen LogP) is 3.44. The molecule has 25 heavy (non-hydrogen) atoms.